The Morgan fingerprint density at radius 3 is 2.39 bits per heavy atom. The van der Waals surface area contributed by atoms with Gasteiger partial charge in [-0.05, 0) is 57.0 Å². The molecule has 2 N–H and O–H groups in total. The van der Waals surface area contributed by atoms with Crippen LogP contribution in [0, 0.1) is 29.6 Å². The van der Waals surface area contributed by atoms with Crippen LogP contribution in [0.2, 0.25) is 0 Å². The first-order valence-electron chi connectivity index (χ1n) is 11.9. The summed E-state index contributed by atoms with van der Waals surface area (Å²) >= 11 is 0. The molecule has 0 spiro atoms. The standard InChI is InChI=1S/C23H37N5O3/c1-3-24-23(26-15-16-6-9-27(10-7-16)12-13-31-2)25-8-11-28-21(29)19-17-4-5-18(14-17)20(19)22(28)30/h4-5,16-20H,3,6-15H2,1-2H3,(H2,24,25,26). The summed E-state index contributed by atoms with van der Waals surface area (Å²) in [4.78, 5) is 34.3. The number of carbonyl (C=O) groups is 2. The van der Waals surface area contributed by atoms with Crippen LogP contribution in [0.3, 0.4) is 0 Å². The number of amides is 2. The third-order valence-corrected chi connectivity index (χ3v) is 7.36. The minimum absolute atomic E-state index is 0.0239. The zero-order valence-corrected chi connectivity index (χ0v) is 18.9. The highest BCUT2D eigenvalue weighted by atomic mass is 16.5. The van der Waals surface area contributed by atoms with Gasteiger partial charge in [-0.15, -0.1) is 0 Å². The molecule has 172 valence electrons. The fourth-order valence-corrected chi connectivity index (χ4v) is 5.65. The minimum Gasteiger partial charge on any atom is -0.383 e. The van der Waals surface area contributed by atoms with Crippen LogP contribution in [0.25, 0.3) is 0 Å². The number of hydrogen-bond acceptors (Lipinski definition) is 5. The van der Waals surface area contributed by atoms with Gasteiger partial charge in [-0.25, -0.2) is 0 Å². The second kappa shape index (κ2) is 10.1. The lowest BCUT2D eigenvalue weighted by Crippen LogP contribution is -2.44. The van der Waals surface area contributed by atoms with Crippen molar-refractivity contribution in [2.24, 2.45) is 34.6 Å². The third-order valence-electron chi connectivity index (χ3n) is 7.36. The van der Waals surface area contributed by atoms with E-state index in [2.05, 4.69) is 27.7 Å². The van der Waals surface area contributed by atoms with Gasteiger partial charge in [0.25, 0.3) is 0 Å². The van der Waals surface area contributed by atoms with E-state index in [4.69, 9.17) is 9.73 Å². The molecule has 2 saturated heterocycles. The van der Waals surface area contributed by atoms with Crippen molar-refractivity contribution in [1.29, 1.82) is 0 Å². The number of ether oxygens (including phenoxy) is 1. The molecule has 0 aromatic heterocycles. The molecule has 4 aliphatic rings. The fraction of sp³-hybridized carbons (Fsp3) is 0.783. The Balaban J connectivity index is 1.22. The number of nitrogens with one attached hydrogen (secondary N) is 2. The number of hydrogen-bond donors (Lipinski definition) is 2. The number of nitrogens with zero attached hydrogens (tertiary/aromatic N) is 3. The Hall–Kier alpha value is -1.93. The van der Waals surface area contributed by atoms with Crippen molar-refractivity contribution < 1.29 is 14.3 Å². The number of rotatable bonds is 9. The van der Waals surface area contributed by atoms with Crippen molar-refractivity contribution >= 4 is 17.8 Å². The maximum Gasteiger partial charge on any atom is 0.233 e. The topological polar surface area (TPSA) is 86.3 Å². The molecule has 2 aliphatic carbocycles. The highest BCUT2D eigenvalue weighted by molar-refractivity contribution is 6.06. The number of piperidine rings is 1. The van der Waals surface area contributed by atoms with E-state index >= 15 is 0 Å². The van der Waals surface area contributed by atoms with Crippen LogP contribution in [0.1, 0.15) is 26.2 Å². The molecule has 8 heteroatoms. The molecular formula is C23H37N5O3. The first kappa shape index (κ1) is 22.3. The molecule has 31 heavy (non-hydrogen) atoms. The SMILES string of the molecule is CCNC(=NCC1CCN(CCOC)CC1)NCCN1C(=O)C2C3C=CC(C3)C2C1=O. The van der Waals surface area contributed by atoms with Gasteiger partial charge in [0.2, 0.25) is 11.8 Å². The van der Waals surface area contributed by atoms with Gasteiger partial charge in [-0.1, -0.05) is 12.2 Å². The van der Waals surface area contributed by atoms with Gasteiger partial charge in [0, 0.05) is 39.8 Å². The van der Waals surface area contributed by atoms with E-state index in [1.165, 1.54) is 4.90 Å². The Kier molecular flexibility index (Phi) is 7.27. The van der Waals surface area contributed by atoms with E-state index in [0.29, 0.717) is 19.0 Å². The molecule has 4 atom stereocenters. The number of likely N-dealkylation sites (tertiary alicyclic amines) is 2. The zero-order chi connectivity index (χ0) is 21.8. The summed E-state index contributed by atoms with van der Waals surface area (Å²) in [6.07, 6.45) is 7.56. The predicted molar refractivity (Wildman–Crippen MR) is 119 cm³/mol. The van der Waals surface area contributed by atoms with Gasteiger partial charge >= 0.3 is 0 Å². The highest BCUT2D eigenvalue weighted by Gasteiger charge is 2.58. The number of fused-ring (bicyclic) bond motifs is 5. The average molecular weight is 432 g/mol. The van der Waals surface area contributed by atoms with Gasteiger partial charge in [-0.2, -0.15) is 0 Å². The van der Waals surface area contributed by atoms with Crippen LogP contribution in [-0.2, 0) is 14.3 Å². The number of guanidine groups is 1. The number of carbonyl (C=O) groups excluding carboxylic acids is 2. The summed E-state index contributed by atoms with van der Waals surface area (Å²) in [7, 11) is 1.75. The normalized spacial score (nSPS) is 31.0. The Labute approximate surface area is 185 Å². The smallest absolute Gasteiger partial charge is 0.233 e. The number of imide groups is 1. The zero-order valence-electron chi connectivity index (χ0n) is 18.9. The molecule has 8 nitrogen and oxygen atoms in total. The van der Waals surface area contributed by atoms with Crippen molar-refractivity contribution in [2.45, 2.75) is 26.2 Å². The van der Waals surface area contributed by atoms with Crippen LogP contribution in [0.4, 0.5) is 0 Å². The lowest BCUT2D eigenvalue weighted by atomic mass is 9.85. The summed E-state index contributed by atoms with van der Waals surface area (Å²) in [6.45, 7) is 8.56. The molecule has 3 fully saturated rings. The number of methoxy groups -OCH3 is 1. The summed E-state index contributed by atoms with van der Waals surface area (Å²) in [5.74, 6) is 1.72. The van der Waals surface area contributed by atoms with Crippen LogP contribution in [0.5, 0.6) is 0 Å². The van der Waals surface area contributed by atoms with Crippen LogP contribution in [-0.4, -0.2) is 87.1 Å². The second-order valence-corrected chi connectivity index (χ2v) is 9.25. The van der Waals surface area contributed by atoms with E-state index in [-0.39, 0.29) is 35.5 Å². The summed E-state index contributed by atoms with van der Waals surface area (Å²) in [5.41, 5.74) is 0. The molecule has 1 saturated carbocycles. The summed E-state index contributed by atoms with van der Waals surface area (Å²) in [6, 6.07) is 0. The summed E-state index contributed by atoms with van der Waals surface area (Å²) in [5, 5.41) is 6.60. The lowest BCUT2D eigenvalue weighted by molar-refractivity contribution is -0.140. The molecule has 2 heterocycles. The second-order valence-electron chi connectivity index (χ2n) is 9.25. The highest BCUT2D eigenvalue weighted by Crippen LogP contribution is 2.52. The molecule has 4 unspecified atom stereocenters. The molecule has 0 aromatic carbocycles. The van der Waals surface area contributed by atoms with Crippen molar-refractivity contribution in [3.63, 3.8) is 0 Å². The van der Waals surface area contributed by atoms with Crippen LogP contribution < -0.4 is 10.6 Å². The van der Waals surface area contributed by atoms with Gasteiger partial charge in [-0.3, -0.25) is 19.5 Å². The van der Waals surface area contributed by atoms with Gasteiger partial charge in [0.05, 0.1) is 18.4 Å². The summed E-state index contributed by atoms with van der Waals surface area (Å²) < 4.78 is 5.17. The first-order valence-corrected chi connectivity index (χ1v) is 11.9. The van der Waals surface area contributed by atoms with Crippen molar-refractivity contribution in [3.05, 3.63) is 12.2 Å². The average Bonchev–Trinajstić information content (AvgIpc) is 3.46. The molecular weight excluding hydrogens is 394 g/mol. The molecule has 4 rings (SSSR count). The Bertz CT molecular complexity index is 686. The molecule has 0 radical (unpaired) electrons. The Morgan fingerprint density at radius 2 is 1.77 bits per heavy atom. The quantitative estimate of drug-likeness (QED) is 0.242. The molecule has 0 aromatic rings. The lowest BCUT2D eigenvalue weighted by Gasteiger charge is -2.31. The van der Waals surface area contributed by atoms with Crippen LogP contribution >= 0.6 is 0 Å². The molecule has 2 amide bonds. The van der Waals surface area contributed by atoms with E-state index in [1.54, 1.807) is 7.11 Å². The molecule has 2 aliphatic heterocycles. The third kappa shape index (κ3) is 4.80. The van der Waals surface area contributed by atoms with Gasteiger partial charge in [0.1, 0.15) is 0 Å². The number of aliphatic imine (C=N–C) groups is 1. The van der Waals surface area contributed by atoms with E-state index in [1.807, 2.05) is 6.92 Å². The van der Waals surface area contributed by atoms with Gasteiger partial charge < -0.3 is 20.3 Å². The maximum atomic E-state index is 12.8. The van der Waals surface area contributed by atoms with Crippen molar-refractivity contribution in [2.75, 3.05) is 59.5 Å². The van der Waals surface area contributed by atoms with Crippen LogP contribution in [0.15, 0.2) is 17.1 Å². The fourth-order valence-electron chi connectivity index (χ4n) is 5.65. The minimum atomic E-state index is -0.112. The predicted octanol–water partition coefficient (Wildman–Crippen LogP) is 0.707. The number of allylic oxidation sites excluding steroid dienone is 2. The molecule has 2 bridgehead atoms. The maximum absolute atomic E-state index is 12.8. The van der Waals surface area contributed by atoms with Gasteiger partial charge in [0.15, 0.2) is 5.96 Å². The largest absolute Gasteiger partial charge is 0.383 e. The van der Waals surface area contributed by atoms with E-state index in [9.17, 15) is 9.59 Å². The van der Waals surface area contributed by atoms with Crippen molar-refractivity contribution in [1.82, 2.24) is 20.4 Å². The first-order chi connectivity index (χ1) is 15.1. The van der Waals surface area contributed by atoms with E-state index in [0.717, 1.165) is 64.6 Å². The van der Waals surface area contributed by atoms with Crippen molar-refractivity contribution in [3.8, 4) is 0 Å². The monoisotopic (exact) mass is 431 g/mol. The Morgan fingerprint density at radius 1 is 1.10 bits per heavy atom. The van der Waals surface area contributed by atoms with E-state index < -0.39 is 0 Å².